The first-order valence-corrected chi connectivity index (χ1v) is 8.17. The molecule has 2 amide bonds. The van der Waals surface area contributed by atoms with E-state index in [1.165, 1.54) is 0 Å². The lowest BCUT2D eigenvalue weighted by molar-refractivity contribution is -0.138. The molecule has 0 radical (unpaired) electrons. The van der Waals surface area contributed by atoms with Crippen molar-refractivity contribution in [3.63, 3.8) is 0 Å². The number of amides is 2. The Morgan fingerprint density at radius 2 is 1.61 bits per heavy atom. The Balaban J connectivity index is 4.45. The fraction of sp³-hybridized carbons (Fsp3) is 0.500. The Morgan fingerprint density at radius 1 is 1.17 bits per heavy atom. The van der Waals surface area contributed by atoms with Gasteiger partial charge in [0.25, 0.3) is 11.8 Å². The molecule has 0 aliphatic carbocycles. The van der Waals surface area contributed by atoms with Crippen LogP contribution in [0.5, 0.6) is 0 Å². The Morgan fingerprint density at radius 3 is 1.94 bits per heavy atom. The molecule has 0 saturated carbocycles. The highest BCUT2D eigenvalue weighted by Crippen LogP contribution is 2.14. The molecule has 0 fully saturated rings. The molecule has 0 spiro atoms. The first-order valence-electron chi connectivity index (χ1n) is 5.64. The van der Waals surface area contributed by atoms with Crippen molar-refractivity contribution in [2.75, 3.05) is 20.8 Å². The smallest absolute Gasteiger partial charge is 0.334 e. The molecular weight excluding hydrogens is 250 g/mol. The third kappa shape index (κ3) is 4.95. The van der Waals surface area contributed by atoms with E-state index in [2.05, 4.69) is 13.2 Å². The number of carbonyl (C=O) groups is 2. The minimum absolute atomic E-state index is 0.311. The summed E-state index contributed by atoms with van der Waals surface area (Å²) in [5, 5.41) is 0. The molecule has 0 N–H and O–H groups in total. The van der Waals surface area contributed by atoms with Gasteiger partial charge in [0.1, 0.15) is 0 Å². The molecular formula is C12H21NO4Si. The van der Waals surface area contributed by atoms with Crippen LogP contribution in [0.3, 0.4) is 0 Å². The van der Waals surface area contributed by atoms with E-state index in [1.807, 2.05) is 6.55 Å². The number of imide groups is 1. The number of hydrogen-bond donors (Lipinski definition) is 0. The van der Waals surface area contributed by atoms with E-state index >= 15 is 0 Å². The van der Waals surface area contributed by atoms with Crippen molar-refractivity contribution in [1.82, 2.24) is 4.90 Å². The van der Waals surface area contributed by atoms with E-state index in [9.17, 15) is 9.59 Å². The monoisotopic (exact) mass is 271 g/mol. The Labute approximate surface area is 109 Å². The molecule has 0 rings (SSSR count). The van der Waals surface area contributed by atoms with Crippen molar-refractivity contribution in [3.8, 4) is 0 Å². The lowest BCUT2D eigenvalue weighted by Crippen LogP contribution is -2.39. The highest BCUT2D eigenvalue weighted by molar-refractivity contribution is 6.65. The van der Waals surface area contributed by atoms with Gasteiger partial charge in [-0.1, -0.05) is 13.2 Å². The average molecular weight is 271 g/mol. The van der Waals surface area contributed by atoms with Gasteiger partial charge in [-0.25, -0.2) is 0 Å². The van der Waals surface area contributed by atoms with Gasteiger partial charge >= 0.3 is 8.56 Å². The second-order valence-corrected chi connectivity index (χ2v) is 7.47. The van der Waals surface area contributed by atoms with Gasteiger partial charge in [0.15, 0.2) is 0 Å². The van der Waals surface area contributed by atoms with Crippen LogP contribution in [0, 0.1) is 0 Å². The quantitative estimate of drug-likeness (QED) is 0.495. The summed E-state index contributed by atoms with van der Waals surface area (Å²) in [6, 6.07) is 0.700. The second kappa shape index (κ2) is 7.96. The normalized spacial score (nSPS) is 10.8. The number of rotatable bonds is 8. The van der Waals surface area contributed by atoms with Gasteiger partial charge in [0.05, 0.1) is 0 Å². The fourth-order valence-corrected chi connectivity index (χ4v) is 2.77. The van der Waals surface area contributed by atoms with Crippen molar-refractivity contribution >= 4 is 20.4 Å². The highest BCUT2D eigenvalue weighted by atomic mass is 28.4. The van der Waals surface area contributed by atoms with Gasteiger partial charge in [0, 0.05) is 20.8 Å². The standard InChI is InChI=1S/C12H21NO4Si/c1-6-11(14)13(12(15)7-2)9-8-10-18(5,16-3)17-4/h6-7H,1-2,8-10H2,3-5H3. The maximum absolute atomic E-state index is 11.5. The van der Waals surface area contributed by atoms with Crippen LogP contribution in [-0.2, 0) is 18.4 Å². The Bertz CT molecular complexity index is 306. The summed E-state index contributed by atoms with van der Waals surface area (Å²) in [6.45, 7) is 8.98. The minimum Gasteiger partial charge on any atom is -0.398 e. The van der Waals surface area contributed by atoms with E-state index in [0.29, 0.717) is 19.0 Å². The average Bonchev–Trinajstić information content (AvgIpc) is 2.41. The summed E-state index contributed by atoms with van der Waals surface area (Å²) in [4.78, 5) is 24.1. The minimum atomic E-state index is -2.16. The number of nitrogens with zero attached hydrogens (tertiary/aromatic N) is 1. The van der Waals surface area contributed by atoms with Crippen LogP contribution >= 0.6 is 0 Å². The van der Waals surface area contributed by atoms with Gasteiger partial charge in [-0.05, 0) is 31.2 Å². The summed E-state index contributed by atoms with van der Waals surface area (Å²) in [5.74, 6) is -0.837. The van der Waals surface area contributed by atoms with E-state index in [-0.39, 0.29) is 0 Å². The van der Waals surface area contributed by atoms with Crippen LogP contribution in [0.4, 0.5) is 0 Å². The van der Waals surface area contributed by atoms with Gasteiger partial charge in [-0.15, -0.1) is 0 Å². The zero-order valence-corrected chi connectivity index (χ0v) is 12.3. The number of hydrogen-bond acceptors (Lipinski definition) is 4. The molecule has 0 unspecified atom stereocenters. The summed E-state index contributed by atoms with van der Waals surface area (Å²) in [5.41, 5.74) is 0. The molecule has 102 valence electrons. The molecule has 18 heavy (non-hydrogen) atoms. The summed E-state index contributed by atoms with van der Waals surface area (Å²) < 4.78 is 10.7. The van der Waals surface area contributed by atoms with Gasteiger partial charge < -0.3 is 8.85 Å². The molecule has 0 aromatic rings. The van der Waals surface area contributed by atoms with Crippen molar-refractivity contribution in [1.29, 1.82) is 0 Å². The first-order chi connectivity index (χ1) is 8.44. The topological polar surface area (TPSA) is 55.8 Å². The fourth-order valence-electron chi connectivity index (χ4n) is 1.40. The van der Waals surface area contributed by atoms with Crippen LogP contribution in [0.25, 0.3) is 0 Å². The third-order valence-corrected chi connectivity index (χ3v) is 5.75. The van der Waals surface area contributed by atoms with Crippen LogP contribution in [0.1, 0.15) is 6.42 Å². The SMILES string of the molecule is C=CC(=O)N(CCC[Si](C)(OC)OC)C(=O)C=C. The first kappa shape index (κ1) is 16.8. The largest absolute Gasteiger partial charge is 0.398 e. The summed E-state index contributed by atoms with van der Waals surface area (Å²) in [6.07, 6.45) is 2.86. The van der Waals surface area contributed by atoms with Crippen LogP contribution < -0.4 is 0 Å². The number of carbonyl (C=O) groups excluding carboxylic acids is 2. The van der Waals surface area contributed by atoms with Gasteiger partial charge in [-0.2, -0.15) is 0 Å². The van der Waals surface area contributed by atoms with E-state index in [1.54, 1.807) is 14.2 Å². The molecule has 5 nitrogen and oxygen atoms in total. The second-order valence-electron chi connectivity index (χ2n) is 3.88. The predicted molar refractivity (Wildman–Crippen MR) is 72.2 cm³/mol. The van der Waals surface area contributed by atoms with Gasteiger partial charge in [0.2, 0.25) is 0 Å². The molecule has 0 aromatic carbocycles. The van der Waals surface area contributed by atoms with Crippen molar-refractivity contribution in [3.05, 3.63) is 25.3 Å². The third-order valence-electron chi connectivity index (χ3n) is 2.76. The molecule has 0 bridgehead atoms. The lowest BCUT2D eigenvalue weighted by Gasteiger charge is -2.24. The van der Waals surface area contributed by atoms with Crippen molar-refractivity contribution in [2.24, 2.45) is 0 Å². The molecule has 0 atom stereocenters. The molecule has 0 aliphatic heterocycles. The molecule has 0 aromatic heterocycles. The van der Waals surface area contributed by atoms with Gasteiger partial charge in [-0.3, -0.25) is 14.5 Å². The Hall–Kier alpha value is -1.24. The summed E-state index contributed by atoms with van der Waals surface area (Å²) in [7, 11) is 1.06. The van der Waals surface area contributed by atoms with Crippen molar-refractivity contribution < 1.29 is 18.4 Å². The maximum Gasteiger partial charge on any atom is 0.334 e. The van der Waals surface area contributed by atoms with Crippen LogP contribution in [0.2, 0.25) is 12.6 Å². The summed E-state index contributed by atoms with van der Waals surface area (Å²) >= 11 is 0. The zero-order valence-electron chi connectivity index (χ0n) is 11.3. The lowest BCUT2D eigenvalue weighted by atomic mass is 10.3. The van der Waals surface area contributed by atoms with Crippen molar-refractivity contribution in [2.45, 2.75) is 19.0 Å². The van der Waals surface area contributed by atoms with E-state index in [4.69, 9.17) is 8.85 Å². The highest BCUT2D eigenvalue weighted by Gasteiger charge is 2.28. The predicted octanol–water partition coefficient (Wildman–Crippen LogP) is 1.47. The van der Waals surface area contributed by atoms with E-state index < -0.39 is 20.4 Å². The van der Waals surface area contributed by atoms with Crippen LogP contribution in [0.15, 0.2) is 25.3 Å². The van der Waals surface area contributed by atoms with E-state index in [0.717, 1.165) is 17.1 Å². The van der Waals surface area contributed by atoms with Crippen LogP contribution in [-0.4, -0.2) is 46.0 Å². The Kier molecular flexibility index (Phi) is 7.41. The maximum atomic E-state index is 11.5. The molecule has 6 heteroatoms. The molecule has 0 heterocycles. The zero-order chi connectivity index (χ0) is 14.2. The molecule has 0 saturated heterocycles. The molecule has 0 aliphatic rings.